The van der Waals surface area contributed by atoms with Crippen molar-refractivity contribution in [2.24, 2.45) is 0 Å². The lowest BCUT2D eigenvalue weighted by atomic mass is 10.3. The first-order chi connectivity index (χ1) is 10.9. The van der Waals surface area contributed by atoms with Crippen LogP contribution >= 0.6 is 11.8 Å². The van der Waals surface area contributed by atoms with Gasteiger partial charge in [0.2, 0.25) is 0 Å². The lowest BCUT2D eigenvalue weighted by Gasteiger charge is -2.03. The second-order valence-electron chi connectivity index (χ2n) is 4.77. The summed E-state index contributed by atoms with van der Waals surface area (Å²) < 4.78 is 1.83. The van der Waals surface area contributed by atoms with E-state index in [1.807, 2.05) is 41.2 Å². The van der Waals surface area contributed by atoms with E-state index >= 15 is 0 Å². The van der Waals surface area contributed by atoms with E-state index in [1.165, 1.54) is 0 Å². The van der Waals surface area contributed by atoms with Gasteiger partial charge in [0.25, 0.3) is 0 Å². The summed E-state index contributed by atoms with van der Waals surface area (Å²) in [6.45, 7) is 0. The van der Waals surface area contributed by atoms with E-state index < -0.39 is 0 Å². The molecule has 0 N–H and O–H groups in total. The summed E-state index contributed by atoms with van der Waals surface area (Å²) >= 11 is 1.70. The van der Waals surface area contributed by atoms with E-state index in [0.717, 1.165) is 40.3 Å². The van der Waals surface area contributed by atoms with Gasteiger partial charge in [0, 0.05) is 6.42 Å². The second kappa shape index (κ2) is 7.05. The van der Waals surface area contributed by atoms with Gasteiger partial charge in [-0.25, -0.2) is 14.6 Å². The first-order valence-electron chi connectivity index (χ1n) is 7.14. The van der Waals surface area contributed by atoms with Crippen molar-refractivity contribution in [3.8, 4) is 11.8 Å². The Morgan fingerprint density at radius 1 is 1.14 bits per heavy atom. The minimum Gasteiger partial charge on any atom is -0.229 e. The highest BCUT2D eigenvalue weighted by molar-refractivity contribution is 7.99. The third-order valence-corrected chi connectivity index (χ3v) is 4.34. The third kappa shape index (κ3) is 3.10. The molecule has 5 nitrogen and oxygen atoms in total. The number of unbranched alkanes of at least 4 members (excludes halogenated alkanes) is 2. The van der Waals surface area contributed by atoms with Crippen molar-refractivity contribution in [2.75, 3.05) is 5.75 Å². The second-order valence-corrected chi connectivity index (χ2v) is 5.86. The van der Waals surface area contributed by atoms with Crippen LogP contribution in [0.1, 0.15) is 19.3 Å². The molecule has 22 heavy (non-hydrogen) atoms. The smallest absolute Gasteiger partial charge is 0.167 e. The fourth-order valence-corrected chi connectivity index (χ4v) is 3.13. The zero-order valence-corrected chi connectivity index (χ0v) is 12.8. The van der Waals surface area contributed by atoms with Crippen molar-refractivity contribution in [2.45, 2.75) is 24.3 Å². The fraction of sp³-hybridized carbons (Fsp3) is 0.250. The molecule has 0 spiro atoms. The van der Waals surface area contributed by atoms with Gasteiger partial charge in [-0.3, -0.25) is 0 Å². The molecule has 0 amide bonds. The molecule has 0 aliphatic heterocycles. The fourth-order valence-electron chi connectivity index (χ4n) is 2.17. The third-order valence-electron chi connectivity index (χ3n) is 3.25. The van der Waals surface area contributed by atoms with Gasteiger partial charge in [-0.1, -0.05) is 18.2 Å². The molecule has 0 bridgehead atoms. The van der Waals surface area contributed by atoms with E-state index in [1.54, 1.807) is 18.1 Å². The van der Waals surface area contributed by atoms with E-state index in [9.17, 15) is 0 Å². The van der Waals surface area contributed by atoms with Gasteiger partial charge in [0.1, 0.15) is 11.4 Å². The highest BCUT2D eigenvalue weighted by Crippen LogP contribution is 2.26. The maximum Gasteiger partial charge on any atom is 0.167 e. The van der Waals surface area contributed by atoms with Crippen LogP contribution in [0.25, 0.3) is 16.7 Å². The minimum atomic E-state index is 0.617. The summed E-state index contributed by atoms with van der Waals surface area (Å²) in [6, 6.07) is 12.1. The molecule has 0 unspecified atom stereocenters. The number of para-hydroxylation sites is 1. The molecule has 3 aromatic rings. The van der Waals surface area contributed by atoms with Crippen molar-refractivity contribution >= 4 is 22.8 Å². The van der Waals surface area contributed by atoms with Crippen LogP contribution in [-0.2, 0) is 0 Å². The number of nitriles is 1. The van der Waals surface area contributed by atoms with Crippen LogP contribution in [0.3, 0.4) is 0 Å². The van der Waals surface area contributed by atoms with Crippen LogP contribution in [0.4, 0.5) is 0 Å². The van der Waals surface area contributed by atoms with Crippen molar-refractivity contribution in [1.29, 1.82) is 5.26 Å². The molecular weight excluding hydrogens is 294 g/mol. The summed E-state index contributed by atoms with van der Waals surface area (Å²) in [5.41, 5.74) is 1.81. The molecule has 0 aliphatic rings. The topological polar surface area (TPSA) is 67.4 Å². The quantitative estimate of drug-likeness (QED) is 0.395. The number of hydrogen-bond donors (Lipinski definition) is 0. The van der Waals surface area contributed by atoms with Gasteiger partial charge in [-0.15, -0.1) is 11.8 Å². The minimum absolute atomic E-state index is 0.617. The Kier molecular flexibility index (Phi) is 4.66. The molecule has 0 saturated heterocycles. The van der Waals surface area contributed by atoms with Gasteiger partial charge in [0.15, 0.2) is 5.65 Å². The van der Waals surface area contributed by atoms with Crippen molar-refractivity contribution < 1.29 is 0 Å². The maximum absolute atomic E-state index is 8.55. The largest absolute Gasteiger partial charge is 0.229 e. The lowest BCUT2D eigenvalue weighted by molar-refractivity contribution is 0.829. The monoisotopic (exact) mass is 309 g/mol. The molecule has 0 atom stereocenters. The SMILES string of the molecule is N#CCCCCSc1ncnc2c1cnn2-c1ccccc1. The molecule has 1 aromatic carbocycles. The molecule has 3 rings (SSSR count). The van der Waals surface area contributed by atoms with E-state index in [2.05, 4.69) is 21.1 Å². The Balaban J connectivity index is 1.82. The molecule has 2 heterocycles. The predicted octanol–water partition coefficient (Wildman–Crippen LogP) is 3.60. The number of hydrogen-bond acceptors (Lipinski definition) is 5. The van der Waals surface area contributed by atoms with E-state index in [0.29, 0.717) is 6.42 Å². The Labute approximate surface area is 133 Å². The highest BCUT2D eigenvalue weighted by Gasteiger charge is 2.11. The summed E-state index contributed by atoms with van der Waals surface area (Å²) in [5, 5.41) is 14.9. The number of benzene rings is 1. The van der Waals surface area contributed by atoms with Gasteiger partial charge in [-0.2, -0.15) is 10.4 Å². The van der Waals surface area contributed by atoms with Gasteiger partial charge >= 0.3 is 0 Å². The number of aromatic nitrogens is 4. The van der Waals surface area contributed by atoms with E-state index in [4.69, 9.17) is 5.26 Å². The Bertz CT molecular complexity index is 791. The normalized spacial score (nSPS) is 10.7. The lowest BCUT2D eigenvalue weighted by Crippen LogP contribution is -1.97. The van der Waals surface area contributed by atoms with Crippen LogP contribution in [0.15, 0.2) is 47.9 Å². The van der Waals surface area contributed by atoms with Crippen LogP contribution in [0.5, 0.6) is 0 Å². The molecule has 0 saturated carbocycles. The molecular formula is C16H15N5S. The number of rotatable bonds is 6. The van der Waals surface area contributed by atoms with Crippen LogP contribution in [-0.4, -0.2) is 25.5 Å². The van der Waals surface area contributed by atoms with E-state index in [-0.39, 0.29) is 0 Å². The molecule has 6 heteroatoms. The maximum atomic E-state index is 8.55. The van der Waals surface area contributed by atoms with Crippen molar-refractivity contribution in [1.82, 2.24) is 19.7 Å². The first kappa shape index (κ1) is 14.5. The molecule has 2 aromatic heterocycles. The van der Waals surface area contributed by atoms with Crippen LogP contribution < -0.4 is 0 Å². The Morgan fingerprint density at radius 2 is 2.00 bits per heavy atom. The highest BCUT2D eigenvalue weighted by atomic mass is 32.2. The summed E-state index contributed by atoms with van der Waals surface area (Å²) in [4.78, 5) is 8.73. The zero-order chi connectivity index (χ0) is 15.2. The first-order valence-corrected chi connectivity index (χ1v) is 8.12. The number of thioether (sulfide) groups is 1. The molecule has 110 valence electrons. The van der Waals surface area contributed by atoms with Crippen molar-refractivity contribution in [3.63, 3.8) is 0 Å². The summed E-state index contributed by atoms with van der Waals surface area (Å²) in [6.07, 6.45) is 5.96. The van der Waals surface area contributed by atoms with Crippen molar-refractivity contribution in [3.05, 3.63) is 42.9 Å². The summed E-state index contributed by atoms with van der Waals surface area (Å²) in [7, 11) is 0. The summed E-state index contributed by atoms with van der Waals surface area (Å²) in [5.74, 6) is 0.949. The molecule has 0 fully saturated rings. The van der Waals surface area contributed by atoms with Crippen LogP contribution in [0.2, 0.25) is 0 Å². The van der Waals surface area contributed by atoms with Crippen LogP contribution in [0, 0.1) is 11.3 Å². The van der Waals surface area contributed by atoms with Gasteiger partial charge < -0.3 is 0 Å². The predicted molar refractivity (Wildman–Crippen MR) is 86.8 cm³/mol. The average Bonchev–Trinajstić information content (AvgIpc) is 3.00. The molecule has 0 aliphatic carbocycles. The Hall–Kier alpha value is -2.39. The number of fused-ring (bicyclic) bond motifs is 1. The zero-order valence-electron chi connectivity index (χ0n) is 12.0. The Morgan fingerprint density at radius 3 is 2.82 bits per heavy atom. The van der Waals surface area contributed by atoms with Gasteiger partial charge in [0.05, 0.1) is 23.3 Å². The molecule has 0 radical (unpaired) electrons. The number of nitrogens with zero attached hydrogens (tertiary/aromatic N) is 5. The van der Waals surface area contributed by atoms with Gasteiger partial charge in [-0.05, 0) is 30.7 Å². The average molecular weight is 309 g/mol. The standard InChI is InChI=1S/C16H15N5S/c17-9-5-2-6-10-22-16-14-11-20-21(15(14)18-12-19-16)13-7-3-1-4-8-13/h1,3-4,7-8,11-12H,2,5-6,10H2.